The summed E-state index contributed by atoms with van der Waals surface area (Å²) in [6.45, 7) is 3.05. The molecule has 3 rings (SSSR count). The summed E-state index contributed by atoms with van der Waals surface area (Å²) in [6, 6.07) is 8.69. The molecular weight excluding hydrogens is 248 g/mol. The molecule has 0 radical (unpaired) electrons. The largest absolute Gasteiger partial charge is 0.384 e. The van der Waals surface area contributed by atoms with Crippen molar-refractivity contribution in [2.45, 2.75) is 51.0 Å². The zero-order valence-corrected chi connectivity index (χ0v) is 12.2. The Labute approximate surface area is 121 Å². The minimum absolute atomic E-state index is 0.209. The quantitative estimate of drug-likeness (QED) is 0.834. The summed E-state index contributed by atoms with van der Waals surface area (Å²) >= 11 is 0. The molecule has 1 aromatic rings. The standard InChI is InChI=1S/C17H24N2O/c1-2-14(9-12-7-8-12)19-17(20)10-13-11-18-16-6-4-3-5-15(13)16/h3-6,12-14,18H,2,7-11H2,1H3,(H,19,20). The first-order chi connectivity index (χ1) is 9.76. The number of carbonyl (C=O) groups excluding carboxylic acids is 1. The molecular formula is C17H24N2O. The Hall–Kier alpha value is -1.51. The second kappa shape index (κ2) is 5.86. The number of benzene rings is 1. The van der Waals surface area contributed by atoms with Crippen molar-refractivity contribution in [1.29, 1.82) is 0 Å². The highest BCUT2D eigenvalue weighted by Crippen LogP contribution is 2.35. The van der Waals surface area contributed by atoms with E-state index in [0.717, 1.165) is 18.9 Å². The molecule has 0 aromatic heterocycles. The van der Waals surface area contributed by atoms with Crippen molar-refractivity contribution in [3.05, 3.63) is 29.8 Å². The molecule has 1 amide bonds. The summed E-state index contributed by atoms with van der Waals surface area (Å²) in [6.07, 6.45) is 5.52. The van der Waals surface area contributed by atoms with Gasteiger partial charge in [0, 0.05) is 30.6 Å². The highest BCUT2D eigenvalue weighted by Gasteiger charge is 2.27. The average molecular weight is 272 g/mol. The predicted molar refractivity (Wildman–Crippen MR) is 81.9 cm³/mol. The van der Waals surface area contributed by atoms with E-state index in [4.69, 9.17) is 0 Å². The highest BCUT2D eigenvalue weighted by molar-refractivity contribution is 5.78. The fourth-order valence-electron chi connectivity index (χ4n) is 3.13. The molecule has 1 heterocycles. The van der Waals surface area contributed by atoms with Crippen molar-refractivity contribution >= 4 is 11.6 Å². The van der Waals surface area contributed by atoms with Gasteiger partial charge in [0.05, 0.1) is 0 Å². The molecule has 0 saturated heterocycles. The van der Waals surface area contributed by atoms with Crippen LogP contribution in [0.3, 0.4) is 0 Å². The molecule has 1 aliphatic carbocycles. The SMILES string of the molecule is CCC(CC1CC1)NC(=O)CC1CNc2ccccc21. The molecule has 2 unspecified atom stereocenters. The molecule has 1 aliphatic heterocycles. The van der Waals surface area contributed by atoms with Gasteiger partial charge in [-0.25, -0.2) is 0 Å². The molecule has 3 heteroatoms. The van der Waals surface area contributed by atoms with Crippen LogP contribution in [-0.4, -0.2) is 18.5 Å². The monoisotopic (exact) mass is 272 g/mol. The molecule has 0 spiro atoms. The smallest absolute Gasteiger partial charge is 0.220 e. The van der Waals surface area contributed by atoms with Gasteiger partial charge < -0.3 is 10.6 Å². The zero-order valence-electron chi connectivity index (χ0n) is 12.2. The maximum atomic E-state index is 12.2. The first kappa shape index (κ1) is 13.5. The summed E-state index contributed by atoms with van der Waals surface area (Å²) in [5.74, 6) is 1.40. The Morgan fingerprint density at radius 2 is 2.20 bits per heavy atom. The molecule has 1 fully saturated rings. The highest BCUT2D eigenvalue weighted by atomic mass is 16.1. The van der Waals surface area contributed by atoms with E-state index in [1.807, 2.05) is 6.07 Å². The number of para-hydroxylation sites is 1. The Bertz CT molecular complexity index is 482. The van der Waals surface area contributed by atoms with Gasteiger partial charge >= 0.3 is 0 Å². The zero-order chi connectivity index (χ0) is 13.9. The second-order valence-electron chi connectivity index (χ2n) is 6.22. The Balaban J connectivity index is 1.54. The van der Waals surface area contributed by atoms with Gasteiger partial charge in [-0.15, -0.1) is 0 Å². The third-order valence-corrected chi connectivity index (χ3v) is 4.54. The Morgan fingerprint density at radius 3 is 2.95 bits per heavy atom. The third kappa shape index (κ3) is 3.14. The molecule has 0 bridgehead atoms. The normalized spacial score (nSPS) is 21.9. The van der Waals surface area contributed by atoms with E-state index in [-0.39, 0.29) is 5.91 Å². The van der Waals surface area contributed by atoms with Crippen molar-refractivity contribution in [2.24, 2.45) is 5.92 Å². The molecule has 20 heavy (non-hydrogen) atoms. The van der Waals surface area contributed by atoms with Gasteiger partial charge in [-0.2, -0.15) is 0 Å². The van der Waals surface area contributed by atoms with Gasteiger partial charge in [0.2, 0.25) is 5.91 Å². The number of carbonyl (C=O) groups is 1. The maximum Gasteiger partial charge on any atom is 0.220 e. The summed E-state index contributed by atoms with van der Waals surface area (Å²) in [4.78, 5) is 12.2. The second-order valence-corrected chi connectivity index (χ2v) is 6.22. The predicted octanol–water partition coefficient (Wildman–Crippen LogP) is 3.28. The lowest BCUT2D eigenvalue weighted by Gasteiger charge is -2.18. The lowest BCUT2D eigenvalue weighted by molar-refractivity contribution is -0.122. The van der Waals surface area contributed by atoms with Crippen LogP contribution in [-0.2, 0) is 4.79 Å². The van der Waals surface area contributed by atoms with E-state index in [1.165, 1.54) is 30.5 Å². The van der Waals surface area contributed by atoms with Crippen LogP contribution in [0.1, 0.15) is 50.5 Å². The van der Waals surface area contributed by atoms with Crippen molar-refractivity contribution in [3.8, 4) is 0 Å². The van der Waals surface area contributed by atoms with Crippen molar-refractivity contribution in [3.63, 3.8) is 0 Å². The minimum Gasteiger partial charge on any atom is -0.384 e. The van der Waals surface area contributed by atoms with Crippen LogP contribution in [0.15, 0.2) is 24.3 Å². The molecule has 3 nitrogen and oxygen atoms in total. The number of anilines is 1. The van der Waals surface area contributed by atoms with Crippen LogP contribution in [0, 0.1) is 5.92 Å². The van der Waals surface area contributed by atoms with Crippen LogP contribution < -0.4 is 10.6 Å². The molecule has 108 valence electrons. The number of hydrogen-bond donors (Lipinski definition) is 2. The number of rotatable bonds is 6. The van der Waals surface area contributed by atoms with E-state index in [1.54, 1.807) is 0 Å². The van der Waals surface area contributed by atoms with E-state index in [2.05, 4.69) is 35.8 Å². The fourth-order valence-corrected chi connectivity index (χ4v) is 3.13. The van der Waals surface area contributed by atoms with Gasteiger partial charge in [-0.05, 0) is 30.4 Å². The lowest BCUT2D eigenvalue weighted by atomic mass is 9.97. The summed E-state index contributed by atoms with van der Waals surface area (Å²) in [5.41, 5.74) is 2.48. The average Bonchev–Trinajstić information content (AvgIpc) is 3.19. The van der Waals surface area contributed by atoms with Crippen LogP contribution in [0.2, 0.25) is 0 Å². The van der Waals surface area contributed by atoms with Gasteiger partial charge in [0.1, 0.15) is 0 Å². The molecule has 2 N–H and O–H groups in total. The van der Waals surface area contributed by atoms with Crippen LogP contribution >= 0.6 is 0 Å². The molecule has 2 aliphatic rings. The molecule has 1 aromatic carbocycles. The molecule has 2 atom stereocenters. The van der Waals surface area contributed by atoms with Gasteiger partial charge in [-0.3, -0.25) is 4.79 Å². The van der Waals surface area contributed by atoms with Crippen molar-refractivity contribution in [2.75, 3.05) is 11.9 Å². The van der Waals surface area contributed by atoms with Gasteiger partial charge in [-0.1, -0.05) is 38.0 Å². The topological polar surface area (TPSA) is 41.1 Å². The van der Waals surface area contributed by atoms with E-state index >= 15 is 0 Å². The van der Waals surface area contributed by atoms with Gasteiger partial charge in [0.15, 0.2) is 0 Å². The molecule has 1 saturated carbocycles. The summed E-state index contributed by atoms with van der Waals surface area (Å²) in [5, 5.41) is 6.61. The number of amides is 1. The van der Waals surface area contributed by atoms with E-state index in [9.17, 15) is 4.79 Å². The Kier molecular flexibility index (Phi) is 3.95. The third-order valence-electron chi connectivity index (χ3n) is 4.54. The van der Waals surface area contributed by atoms with Crippen LogP contribution in [0.25, 0.3) is 0 Å². The van der Waals surface area contributed by atoms with Crippen molar-refractivity contribution < 1.29 is 4.79 Å². The van der Waals surface area contributed by atoms with Crippen LogP contribution in [0.4, 0.5) is 5.69 Å². The lowest BCUT2D eigenvalue weighted by Crippen LogP contribution is -2.35. The first-order valence-electron chi connectivity index (χ1n) is 7.88. The van der Waals surface area contributed by atoms with Crippen LogP contribution in [0.5, 0.6) is 0 Å². The number of hydrogen-bond acceptors (Lipinski definition) is 2. The Morgan fingerprint density at radius 1 is 1.40 bits per heavy atom. The van der Waals surface area contributed by atoms with E-state index < -0.39 is 0 Å². The fraction of sp³-hybridized carbons (Fsp3) is 0.588. The van der Waals surface area contributed by atoms with Gasteiger partial charge in [0.25, 0.3) is 0 Å². The number of nitrogens with one attached hydrogen (secondary N) is 2. The number of fused-ring (bicyclic) bond motifs is 1. The summed E-state index contributed by atoms with van der Waals surface area (Å²) < 4.78 is 0. The first-order valence-corrected chi connectivity index (χ1v) is 7.88. The van der Waals surface area contributed by atoms with E-state index in [0.29, 0.717) is 18.4 Å². The van der Waals surface area contributed by atoms with Crippen molar-refractivity contribution in [1.82, 2.24) is 5.32 Å². The summed E-state index contributed by atoms with van der Waals surface area (Å²) in [7, 11) is 0. The maximum absolute atomic E-state index is 12.2. The minimum atomic E-state index is 0.209.